The third-order valence-electron chi connectivity index (χ3n) is 6.87. The second-order valence-corrected chi connectivity index (χ2v) is 7.91. The van der Waals surface area contributed by atoms with Gasteiger partial charge in [0.1, 0.15) is 0 Å². The van der Waals surface area contributed by atoms with E-state index in [1.165, 1.54) is 11.4 Å². The summed E-state index contributed by atoms with van der Waals surface area (Å²) < 4.78 is 0. The molecule has 1 fully saturated rings. The monoisotopic (exact) mass is 273 g/mol. The van der Waals surface area contributed by atoms with E-state index in [2.05, 4.69) is 73.6 Å². The molecule has 112 valence electrons. The molecule has 20 heavy (non-hydrogen) atoms. The summed E-state index contributed by atoms with van der Waals surface area (Å²) >= 11 is 0. The molecule has 0 aromatic carbocycles. The van der Waals surface area contributed by atoms with Crippen molar-refractivity contribution >= 4 is 0 Å². The second-order valence-electron chi connectivity index (χ2n) is 7.91. The van der Waals surface area contributed by atoms with Crippen LogP contribution in [-0.2, 0) is 0 Å². The van der Waals surface area contributed by atoms with E-state index in [0.717, 1.165) is 0 Å². The molecule has 2 rings (SSSR count). The van der Waals surface area contributed by atoms with Crippen molar-refractivity contribution in [3.05, 3.63) is 35.7 Å². The normalized spacial score (nSPS) is 37.0. The van der Waals surface area contributed by atoms with Crippen molar-refractivity contribution in [3.8, 4) is 0 Å². The fraction of sp³-hybridized carbons (Fsp3) is 0.684. The average Bonchev–Trinajstić information content (AvgIpc) is 2.59. The van der Waals surface area contributed by atoms with E-state index in [-0.39, 0.29) is 10.8 Å². The van der Waals surface area contributed by atoms with Crippen LogP contribution in [0.15, 0.2) is 35.7 Å². The van der Waals surface area contributed by atoms with Crippen molar-refractivity contribution < 1.29 is 0 Å². The molecule has 1 heterocycles. The number of nitrogens with zero attached hydrogens (tertiary/aromatic N) is 1. The lowest BCUT2D eigenvalue weighted by Gasteiger charge is -2.53. The van der Waals surface area contributed by atoms with Crippen LogP contribution in [0.25, 0.3) is 0 Å². The molecule has 1 saturated heterocycles. The van der Waals surface area contributed by atoms with Gasteiger partial charge in [0.05, 0.1) is 0 Å². The van der Waals surface area contributed by atoms with Gasteiger partial charge in [-0.1, -0.05) is 58.9 Å². The molecular formula is C19H31N. The zero-order chi connectivity index (χ0) is 15.6. The van der Waals surface area contributed by atoms with Crippen molar-refractivity contribution in [1.82, 2.24) is 4.90 Å². The first kappa shape index (κ1) is 15.4. The second kappa shape index (κ2) is 4.26. The van der Waals surface area contributed by atoms with Crippen molar-refractivity contribution in [3.63, 3.8) is 0 Å². The van der Waals surface area contributed by atoms with Crippen LogP contribution < -0.4 is 0 Å². The number of fused-ring (bicyclic) bond motifs is 1. The summed E-state index contributed by atoms with van der Waals surface area (Å²) in [6.07, 6.45) is 0. The number of likely N-dealkylation sites (tertiary alicyclic amines) is 1. The molecule has 1 heteroatoms. The van der Waals surface area contributed by atoms with Gasteiger partial charge in [0.15, 0.2) is 0 Å². The predicted molar refractivity (Wildman–Crippen MR) is 88.1 cm³/mol. The summed E-state index contributed by atoms with van der Waals surface area (Å²) in [5.74, 6) is 1.53. The Morgan fingerprint density at radius 2 is 1.40 bits per heavy atom. The van der Waals surface area contributed by atoms with Crippen LogP contribution >= 0.6 is 0 Å². The first-order chi connectivity index (χ1) is 8.98. The van der Waals surface area contributed by atoms with E-state index in [0.29, 0.717) is 17.8 Å². The van der Waals surface area contributed by atoms with E-state index in [1.807, 2.05) is 0 Å². The van der Waals surface area contributed by atoms with Gasteiger partial charge in [-0.3, -0.25) is 0 Å². The molecule has 3 unspecified atom stereocenters. The zero-order valence-corrected chi connectivity index (χ0v) is 14.6. The Kier molecular flexibility index (Phi) is 3.28. The molecular weight excluding hydrogens is 242 g/mol. The summed E-state index contributed by atoms with van der Waals surface area (Å²) in [4.78, 5) is 2.24. The molecule has 0 aromatic rings. The quantitative estimate of drug-likeness (QED) is 0.591. The van der Waals surface area contributed by atoms with E-state index >= 15 is 0 Å². The van der Waals surface area contributed by atoms with Crippen LogP contribution in [0.2, 0.25) is 0 Å². The van der Waals surface area contributed by atoms with Gasteiger partial charge in [-0.25, -0.2) is 0 Å². The van der Waals surface area contributed by atoms with Gasteiger partial charge in [0, 0.05) is 30.3 Å². The van der Waals surface area contributed by atoms with Gasteiger partial charge in [-0.15, -0.1) is 0 Å². The Balaban J connectivity index is 2.77. The summed E-state index contributed by atoms with van der Waals surface area (Å²) in [7, 11) is 2.13. The Labute approximate surface area is 125 Å². The van der Waals surface area contributed by atoms with Crippen LogP contribution in [0, 0.1) is 28.6 Å². The van der Waals surface area contributed by atoms with Crippen molar-refractivity contribution in [2.45, 2.75) is 48.5 Å². The van der Waals surface area contributed by atoms with Crippen LogP contribution in [-0.4, -0.2) is 11.9 Å². The van der Waals surface area contributed by atoms with Gasteiger partial charge in [-0.2, -0.15) is 0 Å². The van der Waals surface area contributed by atoms with E-state index in [4.69, 9.17) is 0 Å². The average molecular weight is 273 g/mol. The molecule has 3 atom stereocenters. The van der Waals surface area contributed by atoms with Gasteiger partial charge >= 0.3 is 0 Å². The third-order valence-corrected chi connectivity index (χ3v) is 6.87. The molecule has 0 amide bonds. The lowest BCUT2D eigenvalue weighted by atomic mass is 9.49. The highest BCUT2D eigenvalue weighted by Crippen LogP contribution is 2.65. The molecule has 0 bridgehead atoms. The Morgan fingerprint density at radius 3 is 1.85 bits per heavy atom. The van der Waals surface area contributed by atoms with E-state index in [9.17, 15) is 0 Å². The van der Waals surface area contributed by atoms with Crippen molar-refractivity contribution in [2.24, 2.45) is 28.6 Å². The SMILES string of the molecule is C=C1C2C(C(=C)N1C)C(C)(C(C)C)C(C)=C(C)C2(C)C. The number of hydrogen-bond acceptors (Lipinski definition) is 1. The van der Waals surface area contributed by atoms with Crippen LogP contribution in [0.5, 0.6) is 0 Å². The predicted octanol–water partition coefficient (Wildman–Crippen LogP) is 5.23. The lowest BCUT2D eigenvalue weighted by molar-refractivity contribution is 0.0822. The smallest absolute Gasteiger partial charge is 0.0170 e. The highest BCUT2D eigenvalue weighted by molar-refractivity contribution is 5.41. The van der Waals surface area contributed by atoms with Crippen molar-refractivity contribution in [1.29, 1.82) is 0 Å². The summed E-state index contributed by atoms with van der Waals surface area (Å²) in [5.41, 5.74) is 5.92. The third kappa shape index (κ3) is 1.55. The minimum absolute atomic E-state index is 0.161. The highest BCUT2D eigenvalue weighted by atomic mass is 15.2. The first-order valence-electron chi connectivity index (χ1n) is 7.78. The number of rotatable bonds is 1. The lowest BCUT2D eigenvalue weighted by Crippen LogP contribution is -2.47. The van der Waals surface area contributed by atoms with Gasteiger partial charge in [0.25, 0.3) is 0 Å². The fourth-order valence-electron chi connectivity index (χ4n) is 4.66. The summed E-state index contributed by atoms with van der Waals surface area (Å²) in [6, 6.07) is 0. The van der Waals surface area contributed by atoms with Gasteiger partial charge in [0.2, 0.25) is 0 Å². The van der Waals surface area contributed by atoms with Crippen LogP contribution in [0.1, 0.15) is 48.5 Å². The molecule has 0 radical (unpaired) electrons. The topological polar surface area (TPSA) is 3.24 Å². The molecule has 0 N–H and O–H groups in total. The van der Waals surface area contributed by atoms with Crippen molar-refractivity contribution in [2.75, 3.05) is 7.05 Å². The Morgan fingerprint density at radius 1 is 0.950 bits per heavy atom. The van der Waals surface area contributed by atoms with Gasteiger partial charge < -0.3 is 4.90 Å². The van der Waals surface area contributed by atoms with E-state index < -0.39 is 0 Å². The molecule has 1 aliphatic carbocycles. The number of allylic oxidation sites excluding steroid dienone is 4. The maximum absolute atomic E-state index is 4.42. The Hall–Kier alpha value is -0.980. The molecule has 1 nitrogen and oxygen atoms in total. The molecule has 0 aromatic heterocycles. The standard InChI is InChI=1S/C19H31N/c1-11(2)19(9)13(4)12(3)18(7,8)16-14(5)20(10)15(6)17(16)19/h11,16-17H,5-6H2,1-4,7-10H3. The maximum Gasteiger partial charge on any atom is 0.0170 e. The molecule has 2 aliphatic rings. The minimum atomic E-state index is 0.161. The molecule has 0 saturated carbocycles. The number of hydrogen-bond donors (Lipinski definition) is 0. The summed E-state index contributed by atoms with van der Waals surface area (Å²) in [6.45, 7) is 25.3. The fourth-order valence-corrected chi connectivity index (χ4v) is 4.66. The minimum Gasteiger partial charge on any atom is -0.352 e. The Bertz CT molecular complexity index is 506. The first-order valence-corrected chi connectivity index (χ1v) is 7.78. The van der Waals surface area contributed by atoms with Crippen LogP contribution in [0.3, 0.4) is 0 Å². The van der Waals surface area contributed by atoms with Crippen LogP contribution in [0.4, 0.5) is 0 Å². The zero-order valence-electron chi connectivity index (χ0n) is 14.6. The molecule has 1 aliphatic heterocycles. The van der Waals surface area contributed by atoms with Gasteiger partial charge in [-0.05, 0) is 30.6 Å². The molecule has 0 spiro atoms. The largest absolute Gasteiger partial charge is 0.352 e. The summed E-state index contributed by atoms with van der Waals surface area (Å²) in [5, 5.41) is 0. The van der Waals surface area contributed by atoms with E-state index in [1.54, 1.807) is 11.1 Å². The highest BCUT2D eigenvalue weighted by Gasteiger charge is 2.58. The maximum atomic E-state index is 4.42.